The number of anilines is 1. The van der Waals surface area contributed by atoms with Crippen LogP contribution in [-0.2, 0) is 0 Å². The number of hydrogen-bond acceptors (Lipinski definition) is 4. The summed E-state index contributed by atoms with van der Waals surface area (Å²) in [5, 5.41) is 3.31. The Bertz CT molecular complexity index is 408. The lowest BCUT2D eigenvalue weighted by Gasteiger charge is -2.43. The van der Waals surface area contributed by atoms with Gasteiger partial charge >= 0.3 is 0 Å². The van der Waals surface area contributed by atoms with E-state index < -0.39 is 0 Å². The van der Waals surface area contributed by atoms with Gasteiger partial charge in [-0.05, 0) is 40.9 Å². The minimum Gasteiger partial charge on any atom is -0.353 e. The molecule has 0 aromatic carbocycles. The molecule has 3 unspecified atom stereocenters. The average molecular weight is 262 g/mol. The van der Waals surface area contributed by atoms with Crippen LogP contribution in [0.4, 0.5) is 5.82 Å². The predicted octanol–water partition coefficient (Wildman–Crippen LogP) is 1.89. The second kappa shape index (κ2) is 5.88. The monoisotopic (exact) mass is 262 g/mol. The van der Waals surface area contributed by atoms with Crippen molar-refractivity contribution >= 4 is 5.82 Å². The number of piperazine rings is 1. The summed E-state index contributed by atoms with van der Waals surface area (Å²) in [7, 11) is 4.21. The van der Waals surface area contributed by atoms with Crippen LogP contribution in [0.25, 0.3) is 0 Å². The second-order valence-electron chi connectivity index (χ2n) is 5.70. The van der Waals surface area contributed by atoms with Gasteiger partial charge in [0.1, 0.15) is 5.82 Å². The summed E-state index contributed by atoms with van der Waals surface area (Å²) < 4.78 is 0. The molecule has 1 aliphatic rings. The Morgan fingerprint density at radius 3 is 2.53 bits per heavy atom. The molecule has 2 heterocycles. The van der Waals surface area contributed by atoms with Gasteiger partial charge in [-0.15, -0.1) is 0 Å². The van der Waals surface area contributed by atoms with E-state index >= 15 is 0 Å². The third-order valence-corrected chi connectivity index (χ3v) is 4.38. The van der Waals surface area contributed by atoms with E-state index in [1.807, 2.05) is 19.3 Å². The topological polar surface area (TPSA) is 31.4 Å². The molecule has 0 spiro atoms. The summed E-state index contributed by atoms with van der Waals surface area (Å²) in [6.45, 7) is 8.84. The smallest absolute Gasteiger partial charge is 0.133 e. The van der Waals surface area contributed by atoms with Crippen LogP contribution in [0, 0.1) is 0 Å². The first-order valence-corrected chi connectivity index (χ1v) is 7.13. The first-order chi connectivity index (χ1) is 9.04. The molecule has 0 amide bonds. The van der Waals surface area contributed by atoms with Crippen LogP contribution in [-0.4, -0.2) is 49.2 Å². The third-order valence-electron chi connectivity index (χ3n) is 4.38. The highest BCUT2D eigenvalue weighted by Crippen LogP contribution is 2.26. The van der Waals surface area contributed by atoms with Crippen LogP contribution >= 0.6 is 0 Å². The van der Waals surface area contributed by atoms with E-state index in [1.54, 1.807) is 0 Å². The molecule has 1 aliphatic heterocycles. The van der Waals surface area contributed by atoms with Crippen LogP contribution in [0.3, 0.4) is 0 Å². The number of nitrogens with zero attached hydrogens (tertiary/aromatic N) is 3. The SMILES string of the molecule is CNC(C)c1cccnc1N1CC(C)N(C)C(C)C1. The Morgan fingerprint density at radius 2 is 1.95 bits per heavy atom. The standard InChI is InChI=1S/C15H26N4/c1-11-9-19(10-12(2)18(11)5)15-14(13(3)16-4)7-6-8-17-15/h6-8,11-13,16H,9-10H2,1-5H3. The molecule has 0 radical (unpaired) electrons. The first kappa shape index (κ1) is 14.3. The van der Waals surface area contributed by atoms with E-state index in [9.17, 15) is 0 Å². The van der Waals surface area contributed by atoms with E-state index in [2.05, 4.69) is 54.0 Å². The zero-order valence-corrected chi connectivity index (χ0v) is 12.7. The predicted molar refractivity (Wildman–Crippen MR) is 80.6 cm³/mol. The maximum atomic E-state index is 4.63. The van der Waals surface area contributed by atoms with Gasteiger partial charge in [0.05, 0.1) is 0 Å². The van der Waals surface area contributed by atoms with E-state index in [-0.39, 0.29) is 0 Å². The molecule has 0 saturated carbocycles. The lowest BCUT2D eigenvalue weighted by atomic mass is 10.1. The number of likely N-dealkylation sites (N-methyl/N-ethyl adjacent to an activating group) is 1. The number of hydrogen-bond donors (Lipinski definition) is 1. The van der Waals surface area contributed by atoms with Crippen LogP contribution in [0.15, 0.2) is 18.3 Å². The number of pyridine rings is 1. The molecule has 1 fully saturated rings. The van der Waals surface area contributed by atoms with Gasteiger partial charge in [-0.25, -0.2) is 4.98 Å². The molecular formula is C15H26N4. The molecule has 3 atom stereocenters. The Hall–Kier alpha value is -1.13. The summed E-state index contributed by atoms with van der Waals surface area (Å²) in [6.07, 6.45) is 1.90. The van der Waals surface area contributed by atoms with E-state index in [1.165, 1.54) is 5.56 Å². The van der Waals surface area contributed by atoms with E-state index in [0.717, 1.165) is 18.9 Å². The summed E-state index contributed by atoms with van der Waals surface area (Å²) in [5.41, 5.74) is 1.29. The van der Waals surface area contributed by atoms with Crippen molar-refractivity contribution in [2.45, 2.75) is 38.9 Å². The summed E-state index contributed by atoms with van der Waals surface area (Å²) in [6, 6.07) is 5.65. The fraction of sp³-hybridized carbons (Fsp3) is 0.667. The van der Waals surface area contributed by atoms with E-state index in [0.29, 0.717) is 18.1 Å². The molecule has 1 saturated heterocycles. The second-order valence-corrected chi connectivity index (χ2v) is 5.70. The van der Waals surface area contributed by atoms with Crippen molar-refractivity contribution in [3.63, 3.8) is 0 Å². The number of rotatable bonds is 3. The fourth-order valence-electron chi connectivity index (χ4n) is 2.74. The van der Waals surface area contributed by atoms with Gasteiger partial charge in [-0.2, -0.15) is 0 Å². The maximum Gasteiger partial charge on any atom is 0.133 e. The van der Waals surface area contributed by atoms with Crippen LogP contribution in [0.2, 0.25) is 0 Å². The average Bonchev–Trinajstić information content (AvgIpc) is 2.43. The lowest BCUT2D eigenvalue weighted by Crippen LogP contribution is -2.55. The van der Waals surface area contributed by atoms with Gasteiger partial charge in [0.15, 0.2) is 0 Å². The Morgan fingerprint density at radius 1 is 1.32 bits per heavy atom. The third kappa shape index (κ3) is 2.90. The zero-order chi connectivity index (χ0) is 14.0. The molecule has 4 heteroatoms. The van der Waals surface area contributed by atoms with Crippen molar-refractivity contribution in [3.8, 4) is 0 Å². The van der Waals surface area contributed by atoms with Crippen molar-refractivity contribution in [3.05, 3.63) is 23.9 Å². The van der Waals surface area contributed by atoms with Crippen molar-refractivity contribution in [1.82, 2.24) is 15.2 Å². The molecule has 0 aliphatic carbocycles. The van der Waals surface area contributed by atoms with Gasteiger partial charge in [-0.3, -0.25) is 4.90 Å². The quantitative estimate of drug-likeness (QED) is 0.901. The molecule has 1 aromatic heterocycles. The number of nitrogens with one attached hydrogen (secondary N) is 1. The largest absolute Gasteiger partial charge is 0.353 e. The molecule has 1 N–H and O–H groups in total. The fourth-order valence-corrected chi connectivity index (χ4v) is 2.74. The number of aromatic nitrogens is 1. The van der Waals surface area contributed by atoms with Crippen molar-refractivity contribution in [1.29, 1.82) is 0 Å². The minimum atomic E-state index is 0.328. The highest BCUT2D eigenvalue weighted by atomic mass is 15.3. The minimum absolute atomic E-state index is 0.328. The van der Waals surface area contributed by atoms with Gasteiger partial charge in [0, 0.05) is 43.0 Å². The molecule has 2 rings (SSSR count). The van der Waals surface area contributed by atoms with Crippen molar-refractivity contribution in [2.24, 2.45) is 0 Å². The summed E-state index contributed by atoms with van der Waals surface area (Å²) in [5.74, 6) is 1.14. The van der Waals surface area contributed by atoms with Gasteiger partial charge in [0.25, 0.3) is 0 Å². The molecule has 19 heavy (non-hydrogen) atoms. The first-order valence-electron chi connectivity index (χ1n) is 7.13. The highest BCUT2D eigenvalue weighted by Gasteiger charge is 2.28. The lowest BCUT2D eigenvalue weighted by molar-refractivity contribution is 0.169. The van der Waals surface area contributed by atoms with Gasteiger partial charge in [0.2, 0.25) is 0 Å². The van der Waals surface area contributed by atoms with Crippen LogP contribution < -0.4 is 10.2 Å². The van der Waals surface area contributed by atoms with Crippen LogP contribution in [0.1, 0.15) is 32.4 Å². The molecule has 106 valence electrons. The maximum absolute atomic E-state index is 4.63. The van der Waals surface area contributed by atoms with Crippen molar-refractivity contribution in [2.75, 3.05) is 32.1 Å². The van der Waals surface area contributed by atoms with E-state index in [4.69, 9.17) is 0 Å². The van der Waals surface area contributed by atoms with Gasteiger partial charge < -0.3 is 10.2 Å². The van der Waals surface area contributed by atoms with Gasteiger partial charge in [-0.1, -0.05) is 6.07 Å². The Balaban J connectivity index is 2.27. The van der Waals surface area contributed by atoms with Crippen molar-refractivity contribution < 1.29 is 0 Å². The summed E-state index contributed by atoms with van der Waals surface area (Å²) >= 11 is 0. The zero-order valence-electron chi connectivity index (χ0n) is 12.7. The Kier molecular flexibility index (Phi) is 4.42. The Labute approximate surface area is 116 Å². The molecule has 4 nitrogen and oxygen atoms in total. The summed E-state index contributed by atoms with van der Waals surface area (Å²) in [4.78, 5) is 9.51. The highest BCUT2D eigenvalue weighted by molar-refractivity contribution is 5.49. The van der Waals surface area contributed by atoms with Crippen LogP contribution in [0.5, 0.6) is 0 Å². The normalized spacial score (nSPS) is 26.5. The molecule has 0 bridgehead atoms. The molecular weight excluding hydrogens is 236 g/mol. The molecule has 1 aromatic rings.